The second-order valence-corrected chi connectivity index (χ2v) is 9.05. The zero-order valence-corrected chi connectivity index (χ0v) is 14.5. The van der Waals surface area contributed by atoms with E-state index in [1.165, 1.54) is 17.4 Å². The lowest BCUT2D eigenvalue weighted by Crippen LogP contribution is -2.28. The summed E-state index contributed by atoms with van der Waals surface area (Å²) in [6.07, 6.45) is 0.631. The van der Waals surface area contributed by atoms with Crippen molar-refractivity contribution >= 4 is 55.5 Å². The first kappa shape index (κ1) is 14.9. The largest absolute Gasteiger partial charge is 0.308 e. The van der Waals surface area contributed by atoms with Crippen LogP contribution in [0.5, 0.6) is 0 Å². The number of hydrogen-bond acceptors (Lipinski definition) is 4. The van der Waals surface area contributed by atoms with Gasteiger partial charge in [-0.05, 0) is 58.8 Å². The normalized spacial score (nSPS) is 14.3. The predicted octanol–water partition coefficient (Wildman–Crippen LogP) is 2.20. The molecule has 1 aliphatic heterocycles. The summed E-state index contributed by atoms with van der Waals surface area (Å²) in [7, 11) is -3.71. The molecule has 5 nitrogen and oxygen atoms in total. The molecule has 21 heavy (non-hydrogen) atoms. The summed E-state index contributed by atoms with van der Waals surface area (Å²) in [6, 6.07) is 6.49. The second kappa shape index (κ2) is 5.34. The van der Waals surface area contributed by atoms with E-state index in [1.807, 2.05) is 11.4 Å². The minimum Gasteiger partial charge on any atom is -0.308 e. The number of sulfonamides is 1. The highest BCUT2D eigenvalue weighted by Gasteiger charge is 2.27. The van der Waals surface area contributed by atoms with Crippen molar-refractivity contribution in [1.29, 1.82) is 0 Å². The van der Waals surface area contributed by atoms with Crippen molar-refractivity contribution in [2.45, 2.75) is 11.3 Å². The van der Waals surface area contributed by atoms with Crippen LogP contribution in [0.15, 0.2) is 34.5 Å². The number of carbonyl (C=O) groups excluding carboxylic acids is 1. The Kier molecular flexibility index (Phi) is 3.80. The molecular formula is C13H11IN2O3S2. The molecule has 0 radical (unpaired) electrons. The zero-order valence-electron chi connectivity index (χ0n) is 10.7. The molecule has 1 aliphatic rings. The molecule has 3 rings (SSSR count). The van der Waals surface area contributed by atoms with Gasteiger partial charge >= 0.3 is 0 Å². The number of hydrogen-bond donors (Lipinski definition) is 1. The van der Waals surface area contributed by atoms with Crippen molar-refractivity contribution in [3.63, 3.8) is 0 Å². The highest BCUT2D eigenvalue weighted by atomic mass is 127. The van der Waals surface area contributed by atoms with Gasteiger partial charge in [0.05, 0.1) is 13.3 Å². The van der Waals surface area contributed by atoms with Gasteiger partial charge in [-0.3, -0.25) is 4.79 Å². The maximum absolute atomic E-state index is 12.5. The topological polar surface area (TPSA) is 80.5 Å². The van der Waals surface area contributed by atoms with E-state index in [4.69, 9.17) is 5.14 Å². The molecule has 0 bridgehead atoms. The number of amides is 1. The van der Waals surface area contributed by atoms with E-state index in [1.54, 1.807) is 17.0 Å². The van der Waals surface area contributed by atoms with Gasteiger partial charge in [0.1, 0.15) is 0 Å². The van der Waals surface area contributed by atoms with Gasteiger partial charge in [0.2, 0.25) is 10.0 Å². The summed E-state index contributed by atoms with van der Waals surface area (Å²) in [6.45, 7) is 0.550. The fourth-order valence-electron chi connectivity index (χ4n) is 2.34. The number of rotatable bonds is 2. The second-order valence-electron chi connectivity index (χ2n) is 4.68. The maximum Gasteiger partial charge on any atom is 0.259 e. The number of carbonyl (C=O) groups is 1. The lowest BCUT2D eigenvalue weighted by Gasteiger charge is -2.16. The Bertz CT molecular complexity index is 830. The molecule has 1 aromatic carbocycles. The van der Waals surface area contributed by atoms with Gasteiger partial charge in [-0.15, -0.1) is 11.3 Å². The fourth-order valence-corrected chi connectivity index (χ4v) is 4.23. The average molecular weight is 434 g/mol. The van der Waals surface area contributed by atoms with Crippen LogP contribution in [-0.4, -0.2) is 20.9 Å². The van der Waals surface area contributed by atoms with Crippen molar-refractivity contribution in [3.8, 4) is 0 Å². The highest BCUT2D eigenvalue weighted by Crippen LogP contribution is 2.31. The van der Waals surface area contributed by atoms with E-state index in [0.29, 0.717) is 18.5 Å². The molecule has 0 atom stereocenters. The van der Waals surface area contributed by atoms with Crippen LogP contribution in [-0.2, 0) is 16.4 Å². The van der Waals surface area contributed by atoms with E-state index in [2.05, 4.69) is 22.6 Å². The minimum atomic E-state index is -3.71. The van der Waals surface area contributed by atoms with Crippen LogP contribution in [0.25, 0.3) is 0 Å². The molecule has 2 aromatic rings. The van der Waals surface area contributed by atoms with Gasteiger partial charge in [-0.25, -0.2) is 13.6 Å². The standard InChI is InChI=1S/C13H11IN2O3S2/c14-12-6-9(7-20-12)13(17)16-4-3-8-5-10(21(15,18)19)1-2-11(8)16/h1-2,5-7H,3-4H2,(H2,15,18,19). The molecular weight excluding hydrogens is 423 g/mol. The third-order valence-electron chi connectivity index (χ3n) is 3.33. The third-order valence-corrected chi connectivity index (χ3v) is 6.03. The first-order valence-electron chi connectivity index (χ1n) is 6.08. The molecule has 0 unspecified atom stereocenters. The Labute approximate surface area is 140 Å². The van der Waals surface area contributed by atoms with E-state index < -0.39 is 10.0 Å². The predicted molar refractivity (Wildman–Crippen MR) is 90.2 cm³/mol. The van der Waals surface area contributed by atoms with Crippen LogP contribution in [0, 0.1) is 2.88 Å². The molecule has 1 aromatic heterocycles. The van der Waals surface area contributed by atoms with Crippen molar-refractivity contribution in [2.75, 3.05) is 11.4 Å². The zero-order chi connectivity index (χ0) is 15.2. The summed E-state index contributed by atoms with van der Waals surface area (Å²) < 4.78 is 23.8. The molecule has 1 amide bonds. The Morgan fingerprint density at radius 1 is 1.33 bits per heavy atom. The van der Waals surface area contributed by atoms with Crippen LogP contribution in [0.4, 0.5) is 5.69 Å². The molecule has 2 heterocycles. The minimum absolute atomic E-state index is 0.0590. The average Bonchev–Trinajstić information content (AvgIpc) is 3.02. The summed E-state index contributed by atoms with van der Waals surface area (Å²) in [4.78, 5) is 14.3. The van der Waals surface area contributed by atoms with Crippen molar-refractivity contribution < 1.29 is 13.2 Å². The number of benzene rings is 1. The fraction of sp³-hybridized carbons (Fsp3) is 0.154. The molecule has 0 aliphatic carbocycles. The number of thiophene rings is 1. The molecule has 0 saturated carbocycles. The summed E-state index contributed by atoms with van der Waals surface area (Å²) in [5.41, 5.74) is 2.25. The van der Waals surface area contributed by atoms with E-state index >= 15 is 0 Å². The SMILES string of the molecule is NS(=O)(=O)c1ccc2c(c1)CCN2C(=O)c1csc(I)c1. The number of nitrogens with two attached hydrogens (primary N) is 1. The van der Waals surface area contributed by atoms with Crippen molar-refractivity contribution in [2.24, 2.45) is 5.14 Å². The quantitative estimate of drug-likeness (QED) is 0.737. The van der Waals surface area contributed by atoms with E-state index in [0.717, 1.165) is 14.1 Å². The Morgan fingerprint density at radius 2 is 2.10 bits per heavy atom. The summed E-state index contributed by atoms with van der Waals surface area (Å²) >= 11 is 3.70. The third kappa shape index (κ3) is 2.85. The smallest absolute Gasteiger partial charge is 0.259 e. The molecule has 2 N–H and O–H groups in total. The summed E-state index contributed by atoms with van der Waals surface area (Å²) in [5, 5.41) is 6.97. The van der Waals surface area contributed by atoms with Gasteiger partial charge in [-0.2, -0.15) is 0 Å². The molecule has 0 fully saturated rings. The maximum atomic E-state index is 12.5. The van der Waals surface area contributed by atoms with Gasteiger partial charge in [-0.1, -0.05) is 0 Å². The number of primary sulfonamides is 1. The molecule has 8 heteroatoms. The lowest BCUT2D eigenvalue weighted by molar-refractivity contribution is 0.0990. The first-order chi connectivity index (χ1) is 9.86. The van der Waals surface area contributed by atoms with Crippen LogP contribution in [0.1, 0.15) is 15.9 Å². The first-order valence-corrected chi connectivity index (χ1v) is 9.58. The number of nitrogens with zero attached hydrogens (tertiary/aromatic N) is 1. The Hall–Kier alpha value is -0.970. The van der Waals surface area contributed by atoms with Crippen LogP contribution in [0.3, 0.4) is 0 Å². The van der Waals surface area contributed by atoms with Crippen molar-refractivity contribution in [3.05, 3.63) is 43.7 Å². The lowest BCUT2D eigenvalue weighted by atomic mass is 10.2. The van der Waals surface area contributed by atoms with Crippen LogP contribution in [0.2, 0.25) is 0 Å². The number of fused-ring (bicyclic) bond motifs is 1. The molecule has 0 saturated heterocycles. The highest BCUT2D eigenvalue weighted by molar-refractivity contribution is 14.1. The van der Waals surface area contributed by atoms with E-state index in [-0.39, 0.29) is 10.8 Å². The number of halogens is 1. The summed E-state index contributed by atoms with van der Waals surface area (Å²) in [5.74, 6) is -0.0590. The van der Waals surface area contributed by atoms with Gasteiger partial charge in [0.15, 0.2) is 0 Å². The van der Waals surface area contributed by atoms with Crippen molar-refractivity contribution in [1.82, 2.24) is 0 Å². The van der Waals surface area contributed by atoms with Crippen LogP contribution >= 0.6 is 33.9 Å². The van der Waals surface area contributed by atoms with Crippen LogP contribution < -0.4 is 10.0 Å². The molecule has 110 valence electrons. The Balaban J connectivity index is 1.96. The van der Waals surface area contributed by atoms with E-state index in [9.17, 15) is 13.2 Å². The van der Waals surface area contributed by atoms with Gasteiger partial charge in [0, 0.05) is 17.6 Å². The molecule has 0 spiro atoms. The number of anilines is 1. The van der Waals surface area contributed by atoms with Gasteiger partial charge in [0.25, 0.3) is 5.91 Å². The van der Waals surface area contributed by atoms with Gasteiger partial charge < -0.3 is 4.90 Å². The monoisotopic (exact) mass is 434 g/mol. The Morgan fingerprint density at radius 3 is 2.71 bits per heavy atom.